The van der Waals surface area contributed by atoms with Crippen LogP contribution in [0.4, 0.5) is 0 Å². The summed E-state index contributed by atoms with van der Waals surface area (Å²) in [5.74, 6) is -0.183. The highest BCUT2D eigenvalue weighted by atomic mass is 35.5. The lowest BCUT2D eigenvalue weighted by Gasteiger charge is -2.24. The summed E-state index contributed by atoms with van der Waals surface area (Å²) in [5.41, 5.74) is 6.01. The standard InChI is InChI=1S/C13H16Cl2N2OS/c1-3-17(7-8(2)12(16)19)13(18)10-5-4-9(14)6-11(10)15/h4-6,8H,3,7H2,1-2H3,(H2,16,19). The van der Waals surface area contributed by atoms with E-state index in [1.165, 1.54) is 0 Å². The van der Waals surface area contributed by atoms with E-state index in [-0.39, 0.29) is 11.8 Å². The number of benzene rings is 1. The number of hydrogen-bond acceptors (Lipinski definition) is 2. The van der Waals surface area contributed by atoms with Crippen LogP contribution in [-0.2, 0) is 0 Å². The highest BCUT2D eigenvalue weighted by Gasteiger charge is 2.20. The van der Waals surface area contributed by atoms with Gasteiger partial charge < -0.3 is 10.6 Å². The van der Waals surface area contributed by atoms with Gasteiger partial charge in [-0.1, -0.05) is 42.3 Å². The summed E-state index contributed by atoms with van der Waals surface area (Å²) in [6.45, 7) is 4.82. The number of carbonyl (C=O) groups excluding carboxylic acids is 1. The highest BCUT2D eigenvalue weighted by Crippen LogP contribution is 2.22. The van der Waals surface area contributed by atoms with Crippen LogP contribution in [0.15, 0.2) is 18.2 Å². The molecule has 0 spiro atoms. The predicted octanol–water partition coefficient (Wildman–Crippen LogP) is 3.38. The molecule has 0 aromatic heterocycles. The molecular weight excluding hydrogens is 303 g/mol. The zero-order valence-electron chi connectivity index (χ0n) is 10.8. The molecule has 6 heteroatoms. The fourth-order valence-electron chi connectivity index (χ4n) is 1.61. The van der Waals surface area contributed by atoms with Gasteiger partial charge in [0.1, 0.15) is 0 Å². The topological polar surface area (TPSA) is 46.3 Å². The van der Waals surface area contributed by atoms with Crippen LogP contribution in [0.25, 0.3) is 0 Å². The van der Waals surface area contributed by atoms with Crippen LogP contribution < -0.4 is 5.73 Å². The molecule has 0 saturated carbocycles. The predicted molar refractivity (Wildman–Crippen MR) is 84.0 cm³/mol. The van der Waals surface area contributed by atoms with E-state index in [1.54, 1.807) is 23.1 Å². The Morgan fingerprint density at radius 1 is 1.47 bits per heavy atom. The summed E-state index contributed by atoms with van der Waals surface area (Å²) in [6.07, 6.45) is 0. The summed E-state index contributed by atoms with van der Waals surface area (Å²) in [6, 6.07) is 4.83. The summed E-state index contributed by atoms with van der Waals surface area (Å²) in [7, 11) is 0. The number of hydrogen-bond donors (Lipinski definition) is 1. The molecule has 0 bridgehead atoms. The summed E-state index contributed by atoms with van der Waals surface area (Å²) in [5, 5.41) is 0.847. The molecule has 3 nitrogen and oxygen atoms in total. The largest absolute Gasteiger partial charge is 0.393 e. The van der Waals surface area contributed by atoms with Crippen molar-refractivity contribution in [2.24, 2.45) is 11.7 Å². The lowest BCUT2D eigenvalue weighted by atomic mass is 10.1. The molecule has 1 amide bonds. The number of rotatable bonds is 5. The average Bonchev–Trinajstić information content (AvgIpc) is 2.34. The molecule has 0 aliphatic carbocycles. The van der Waals surface area contributed by atoms with Crippen molar-refractivity contribution in [1.82, 2.24) is 4.90 Å². The number of nitrogens with zero attached hydrogens (tertiary/aromatic N) is 1. The smallest absolute Gasteiger partial charge is 0.255 e. The molecule has 1 aromatic carbocycles. The number of halogens is 2. The van der Waals surface area contributed by atoms with Crippen molar-refractivity contribution in [2.75, 3.05) is 13.1 Å². The molecule has 19 heavy (non-hydrogen) atoms. The fraction of sp³-hybridized carbons (Fsp3) is 0.385. The zero-order chi connectivity index (χ0) is 14.6. The van der Waals surface area contributed by atoms with Gasteiger partial charge in [-0.05, 0) is 25.1 Å². The minimum absolute atomic E-state index is 0.0371. The molecule has 104 valence electrons. The Labute approximate surface area is 128 Å². The molecule has 0 heterocycles. The van der Waals surface area contributed by atoms with Crippen LogP contribution >= 0.6 is 35.4 Å². The monoisotopic (exact) mass is 318 g/mol. The molecule has 1 unspecified atom stereocenters. The van der Waals surface area contributed by atoms with Crippen LogP contribution in [0.2, 0.25) is 10.0 Å². The van der Waals surface area contributed by atoms with Crippen molar-refractivity contribution in [2.45, 2.75) is 13.8 Å². The van der Waals surface area contributed by atoms with Crippen molar-refractivity contribution in [3.05, 3.63) is 33.8 Å². The third kappa shape index (κ3) is 4.34. The van der Waals surface area contributed by atoms with Crippen molar-refractivity contribution < 1.29 is 4.79 Å². The first-order valence-corrected chi connectivity index (χ1v) is 7.06. The lowest BCUT2D eigenvalue weighted by molar-refractivity contribution is 0.0755. The molecule has 0 radical (unpaired) electrons. The second-order valence-electron chi connectivity index (χ2n) is 4.27. The number of carbonyl (C=O) groups is 1. The Bertz CT molecular complexity index is 494. The van der Waals surface area contributed by atoms with Gasteiger partial charge in [-0.2, -0.15) is 0 Å². The van der Waals surface area contributed by atoms with E-state index >= 15 is 0 Å². The Balaban J connectivity index is 2.92. The summed E-state index contributed by atoms with van der Waals surface area (Å²) < 4.78 is 0. The normalized spacial score (nSPS) is 12.0. The Hall–Kier alpha value is -0.840. The van der Waals surface area contributed by atoms with Gasteiger partial charge in [0.15, 0.2) is 0 Å². The van der Waals surface area contributed by atoms with Crippen molar-refractivity contribution >= 4 is 46.3 Å². The Kier molecular flexibility index (Phi) is 6.04. The first kappa shape index (κ1) is 16.2. The van der Waals surface area contributed by atoms with Crippen LogP contribution in [0.1, 0.15) is 24.2 Å². The van der Waals surface area contributed by atoms with E-state index in [0.717, 1.165) is 0 Å². The summed E-state index contributed by atoms with van der Waals surface area (Å²) in [4.78, 5) is 14.4. The highest BCUT2D eigenvalue weighted by molar-refractivity contribution is 7.80. The molecule has 0 aliphatic heterocycles. The van der Waals surface area contributed by atoms with Crippen molar-refractivity contribution in [3.8, 4) is 0 Å². The van der Waals surface area contributed by atoms with Crippen LogP contribution in [0, 0.1) is 5.92 Å². The quantitative estimate of drug-likeness (QED) is 0.846. The van der Waals surface area contributed by atoms with Gasteiger partial charge in [0.2, 0.25) is 0 Å². The maximum absolute atomic E-state index is 12.4. The SMILES string of the molecule is CCN(CC(C)C(N)=S)C(=O)c1ccc(Cl)cc1Cl. The fourth-order valence-corrected chi connectivity index (χ4v) is 2.17. The van der Waals surface area contributed by atoms with Crippen molar-refractivity contribution in [3.63, 3.8) is 0 Å². The number of amides is 1. The van der Waals surface area contributed by atoms with E-state index in [0.29, 0.717) is 33.7 Å². The minimum atomic E-state index is -0.146. The third-order valence-corrected chi connectivity index (χ3v) is 3.76. The van der Waals surface area contributed by atoms with Gasteiger partial charge in [0.25, 0.3) is 5.91 Å². The van der Waals surface area contributed by atoms with E-state index in [1.807, 2.05) is 13.8 Å². The maximum atomic E-state index is 12.4. The van der Waals surface area contributed by atoms with Gasteiger partial charge in [0.05, 0.1) is 15.6 Å². The third-order valence-electron chi connectivity index (χ3n) is 2.81. The molecule has 0 aliphatic rings. The second kappa shape index (κ2) is 7.08. The van der Waals surface area contributed by atoms with Crippen molar-refractivity contribution in [1.29, 1.82) is 0 Å². The van der Waals surface area contributed by atoms with E-state index < -0.39 is 0 Å². The first-order valence-electron chi connectivity index (χ1n) is 5.90. The Morgan fingerprint density at radius 3 is 2.58 bits per heavy atom. The molecule has 1 rings (SSSR count). The van der Waals surface area contributed by atoms with Gasteiger partial charge in [-0.25, -0.2) is 0 Å². The lowest BCUT2D eigenvalue weighted by Crippen LogP contribution is -2.38. The van der Waals surface area contributed by atoms with Gasteiger partial charge in [-0.3, -0.25) is 4.79 Å². The zero-order valence-corrected chi connectivity index (χ0v) is 13.1. The van der Waals surface area contributed by atoms with E-state index in [2.05, 4.69) is 0 Å². The first-order chi connectivity index (χ1) is 8.86. The maximum Gasteiger partial charge on any atom is 0.255 e. The van der Waals surface area contributed by atoms with Gasteiger partial charge >= 0.3 is 0 Å². The molecule has 1 atom stereocenters. The molecule has 2 N–H and O–H groups in total. The van der Waals surface area contributed by atoms with Crippen LogP contribution in [0.3, 0.4) is 0 Å². The number of thiocarbonyl (C=S) groups is 1. The van der Waals surface area contributed by atoms with Gasteiger partial charge in [0, 0.05) is 24.0 Å². The average molecular weight is 319 g/mol. The number of nitrogens with two attached hydrogens (primary N) is 1. The molecular formula is C13H16Cl2N2OS. The van der Waals surface area contributed by atoms with Crippen LogP contribution in [-0.4, -0.2) is 28.9 Å². The second-order valence-corrected chi connectivity index (χ2v) is 5.59. The Morgan fingerprint density at radius 2 is 2.11 bits per heavy atom. The summed E-state index contributed by atoms with van der Waals surface area (Å²) >= 11 is 16.8. The molecule has 0 fully saturated rings. The van der Waals surface area contributed by atoms with E-state index in [4.69, 9.17) is 41.2 Å². The van der Waals surface area contributed by atoms with Crippen LogP contribution in [0.5, 0.6) is 0 Å². The molecule has 1 aromatic rings. The molecule has 0 saturated heterocycles. The van der Waals surface area contributed by atoms with Gasteiger partial charge in [-0.15, -0.1) is 0 Å². The minimum Gasteiger partial charge on any atom is -0.393 e. The van der Waals surface area contributed by atoms with E-state index in [9.17, 15) is 4.79 Å².